The highest BCUT2D eigenvalue weighted by Gasteiger charge is 2.07. The fourth-order valence-corrected chi connectivity index (χ4v) is 2.08. The molecule has 2 aromatic rings. The van der Waals surface area contributed by atoms with Gasteiger partial charge in [-0.15, -0.1) is 5.10 Å². The third kappa shape index (κ3) is 5.29. The minimum Gasteiger partial charge on any atom is -0.369 e. The summed E-state index contributed by atoms with van der Waals surface area (Å²) in [7, 11) is 4.14. The molecule has 2 rings (SSSR count). The number of rotatable bonds is 8. The summed E-state index contributed by atoms with van der Waals surface area (Å²) in [6.45, 7) is 3.99. The van der Waals surface area contributed by atoms with E-state index in [2.05, 4.69) is 63.9 Å². The zero-order chi connectivity index (χ0) is 15.8. The van der Waals surface area contributed by atoms with E-state index in [0.29, 0.717) is 5.95 Å². The fourth-order valence-electron chi connectivity index (χ4n) is 2.08. The summed E-state index contributed by atoms with van der Waals surface area (Å²) in [5.41, 5.74) is 1.19. The maximum absolute atomic E-state index is 4.45. The maximum atomic E-state index is 4.45. The molecule has 0 spiro atoms. The van der Waals surface area contributed by atoms with Crippen LogP contribution in [0.3, 0.4) is 0 Å². The minimum absolute atomic E-state index is 0.131. The molecule has 0 bridgehead atoms. The first-order chi connectivity index (χ1) is 10.6. The van der Waals surface area contributed by atoms with Crippen LogP contribution in [0.2, 0.25) is 0 Å². The van der Waals surface area contributed by atoms with Crippen LogP contribution in [0, 0.1) is 0 Å². The molecule has 0 radical (unpaired) electrons. The normalized spacial score (nSPS) is 12.2. The fraction of sp³-hybridized carbons (Fsp3) is 0.438. The van der Waals surface area contributed by atoms with Crippen molar-refractivity contribution < 1.29 is 0 Å². The molecule has 0 saturated heterocycles. The van der Waals surface area contributed by atoms with E-state index in [1.807, 2.05) is 18.2 Å². The van der Waals surface area contributed by atoms with Crippen LogP contribution in [-0.4, -0.2) is 47.3 Å². The van der Waals surface area contributed by atoms with Crippen LogP contribution >= 0.6 is 0 Å². The first-order valence-electron chi connectivity index (χ1n) is 7.55. The van der Waals surface area contributed by atoms with Crippen LogP contribution in [-0.2, 0) is 0 Å². The lowest BCUT2D eigenvalue weighted by atomic mass is 10.1. The molecule has 22 heavy (non-hydrogen) atoms. The van der Waals surface area contributed by atoms with Gasteiger partial charge in [0.15, 0.2) is 5.82 Å². The van der Waals surface area contributed by atoms with E-state index in [1.165, 1.54) is 5.56 Å². The van der Waals surface area contributed by atoms with Crippen LogP contribution in [0.5, 0.6) is 0 Å². The Balaban J connectivity index is 1.88. The molecule has 6 nitrogen and oxygen atoms in total. The topological polar surface area (TPSA) is 66.0 Å². The van der Waals surface area contributed by atoms with E-state index >= 15 is 0 Å². The predicted octanol–water partition coefficient (Wildman–Crippen LogP) is 2.41. The molecule has 6 heteroatoms. The van der Waals surface area contributed by atoms with Crippen LogP contribution in [0.1, 0.15) is 24.9 Å². The largest absolute Gasteiger partial charge is 0.369 e. The van der Waals surface area contributed by atoms with Gasteiger partial charge in [0.25, 0.3) is 0 Å². The van der Waals surface area contributed by atoms with Crippen LogP contribution in [0.4, 0.5) is 11.8 Å². The molecular formula is C16H24N6. The van der Waals surface area contributed by atoms with Crippen LogP contribution < -0.4 is 10.6 Å². The summed E-state index contributed by atoms with van der Waals surface area (Å²) in [6.07, 6.45) is 2.70. The standard InChI is InChI=1S/C16H24N6/c1-13(14-8-5-4-6-9-14)19-16-20-15(12-18-21-16)17-10-7-11-22(2)3/h4-6,8-9,12-13H,7,10-11H2,1-3H3,(H2,17,19,20,21). The van der Waals surface area contributed by atoms with Crippen molar-refractivity contribution >= 4 is 11.8 Å². The van der Waals surface area contributed by atoms with E-state index in [4.69, 9.17) is 0 Å². The third-order valence-electron chi connectivity index (χ3n) is 3.29. The van der Waals surface area contributed by atoms with Crippen molar-refractivity contribution in [1.82, 2.24) is 20.1 Å². The lowest BCUT2D eigenvalue weighted by Gasteiger charge is -2.14. The van der Waals surface area contributed by atoms with Crippen LogP contribution in [0.25, 0.3) is 0 Å². The summed E-state index contributed by atoms with van der Waals surface area (Å²) in [5, 5.41) is 14.6. The second kappa shape index (κ2) is 8.29. The van der Waals surface area contributed by atoms with E-state index in [9.17, 15) is 0 Å². The average Bonchev–Trinajstić information content (AvgIpc) is 2.52. The molecule has 1 unspecified atom stereocenters. The second-order valence-electron chi connectivity index (χ2n) is 5.53. The molecule has 0 amide bonds. The Morgan fingerprint density at radius 2 is 1.95 bits per heavy atom. The molecule has 118 valence electrons. The third-order valence-corrected chi connectivity index (χ3v) is 3.29. The van der Waals surface area contributed by atoms with Crippen molar-refractivity contribution in [1.29, 1.82) is 0 Å². The summed E-state index contributed by atoms with van der Waals surface area (Å²) < 4.78 is 0. The Labute approximate surface area is 132 Å². The Morgan fingerprint density at radius 3 is 2.68 bits per heavy atom. The molecule has 0 aliphatic rings. The highest BCUT2D eigenvalue weighted by atomic mass is 15.3. The van der Waals surface area contributed by atoms with Crippen LogP contribution in [0.15, 0.2) is 36.5 Å². The van der Waals surface area contributed by atoms with Crippen molar-refractivity contribution in [2.45, 2.75) is 19.4 Å². The minimum atomic E-state index is 0.131. The zero-order valence-corrected chi connectivity index (χ0v) is 13.5. The summed E-state index contributed by atoms with van der Waals surface area (Å²) in [6, 6.07) is 10.3. The summed E-state index contributed by atoms with van der Waals surface area (Å²) in [5.74, 6) is 1.28. The van der Waals surface area contributed by atoms with Crippen molar-refractivity contribution in [2.75, 3.05) is 37.8 Å². The highest BCUT2D eigenvalue weighted by molar-refractivity contribution is 5.38. The molecule has 0 aliphatic carbocycles. The molecular weight excluding hydrogens is 276 g/mol. The number of nitrogens with one attached hydrogen (secondary N) is 2. The van der Waals surface area contributed by atoms with E-state index in [0.717, 1.165) is 25.3 Å². The zero-order valence-electron chi connectivity index (χ0n) is 13.5. The first-order valence-corrected chi connectivity index (χ1v) is 7.55. The number of nitrogens with zero attached hydrogens (tertiary/aromatic N) is 4. The molecule has 2 N–H and O–H groups in total. The molecule has 1 aromatic heterocycles. The SMILES string of the molecule is CC(Nc1nncc(NCCCN(C)C)n1)c1ccccc1. The monoisotopic (exact) mass is 300 g/mol. The van der Waals surface area contributed by atoms with Gasteiger partial charge in [0.1, 0.15) is 0 Å². The average molecular weight is 300 g/mol. The van der Waals surface area contributed by atoms with Gasteiger partial charge in [-0.2, -0.15) is 10.1 Å². The molecule has 0 aliphatic heterocycles. The number of aromatic nitrogens is 3. The lowest BCUT2D eigenvalue weighted by molar-refractivity contribution is 0.405. The van der Waals surface area contributed by atoms with Crippen molar-refractivity contribution in [2.24, 2.45) is 0 Å². The predicted molar refractivity (Wildman–Crippen MR) is 90.0 cm³/mol. The summed E-state index contributed by atoms with van der Waals surface area (Å²) in [4.78, 5) is 6.61. The first kappa shape index (κ1) is 16.2. The smallest absolute Gasteiger partial charge is 0.245 e. The van der Waals surface area contributed by atoms with Crippen molar-refractivity contribution in [3.63, 3.8) is 0 Å². The van der Waals surface area contributed by atoms with Gasteiger partial charge >= 0.3 is 0 Å². The Kier molecular flexibility index (Phi) is 6.09. The van der Waals surface area contributed by atoms with Gasteiger partial charge in [0, 0.05) is 6.54 Å². The molecule has 1 heterocycles. The second-order valence-corrected chi connectivity index (χ2v) is 5.53. The quantitative estimate of drug-likeness (QED) is 0.730. The van der Waals surface area contributed by atoms with Gasteiger partial charge in [-0.1, -0.05) is 30.3 Å². The Bertz CT molecular complexity index is 558. The maximum Gasteiger partial charge on any atom is 0.245 e. The molecule has 0 saturated carbocycles. The van der Waals surface area contributed by atoms with E-state index in [-0.39, 0.29) is 6.04 Å². The Hall–Kier alpha value is -2.21. The van der Waals surface area contributed by atoms with Gasteiger partial charge in [-0.25, -0.2) is 0 Å². The molecule has 1 atom stereocenters. The lowest BCUT2D eigenvalue weighted by Crippen LogP contribution is -2.17. The van der Waals surface area contributed by atoms with Gasteiger partial charge in [0.2, 0.25) is 5.95 Å². The summed E-state index contributed by atoms with van der Waals surface area (Å²) >= 11 is 0. The highest BCUT2D eigenvalue weighted by Crippen LogP contribution is 2.16. The molecule has 0 fully saturated rings. The molecule has 1 aromatic carbocycles. The number of hydrogen-bond donors (Lipinski definition) is 2. The van der Waals surface area contributed by atoms with Gasteiger partial charge < -0.3 is 15.5 Å². The van der Waals surface area contributed by atoms with Gasteiger partial charge in [0.05, 0.1) is 12.2 Å². The van der Waals surface area contributed by atoms with E-state index < -0.39 is 0 Å². The Morgan fingerprint density at radius 1 is 1.18 bits per heavy atom. The van der Waals surface area contributed by atoms with Crippen molar-refractivity contribution in [3.8, 4) is 0 Å². The van der Waals surface area contributed by atoms with E-state index in [1.54, 1.807) is 6.20 Å². The van der Waals surface area contributed by atoms with Crippen molar-refractivity contribution in [3.05, 3.63) is 42.1 Å². The number of benzene rings is 1. The number of hydrogen-bond acceptors (Lipinski definition) is 6. The number of anilines is 2. The van der Waals surface area contributed by atoms with Gasteiger partial charge in [-0.3, -0.25) is 0 Å². The van der Waals surface area contributed by atoms with Gasteiger partial charge in [-0.05, 0) is 39.5 Å².